The van der Waals surface area contributed by atoms with Crippen LogP contribution in [0.5, 0.6) is 5.75 Å². The lowest BCUT2D eigenvalue weighted by molar-refractivity contribution is 0.315. The zero-order chi connectivity index (χ0) is 13.7. The van der Waals surface area contributed by atoms with Gasteiger partial charge in [-0.15, -0.1) is 0 Å². The van der Waals surface area contributed by atoms with Gasteiger partial charge in [-0.1, -0.05) is 23.7 Å². The van der Waals surface area contributed by atoms with Crippen molar-refractivity contribution in [2.45, 2.75) is 13.0 Å². The summed E-state index contributed by atoms with van der Waals surface area (Å²) in [5.74, 6) is 0.765. The minimum absolute atomic E-state index is 0.583. The molecule has 0 saturated heterocycles. The Morgan fingerprint density at radius 2 is 2.21 bits per heavy atom. The van der Waals surface area contributed by atoms with Crippen molar-refractivity contribution in [3.05, 3.63) is 46.7 Å². The summed E-state index contributed by atoms with van der Waals surface area (Å²) in [6.07, 6.45) is 2.60. The van der Waals surface area contributed by atoms with Crippen LogP contribution in [0.25, 0.3) is 0 Å². The van der Waals surface area contributed by atoms with Gasteiger partial charge in [0.25, 0.3) is 0 Å². The van der Waals surface area contributed by atoms with Gasteiger partial charge in [0.15, 0.2) is 0 Å². The molecule has 1 heterocycles. The Morgan fingerprint density at radius 1 is 1.37 bits per heavy atom. The molecular weight excluding hydrogens is 262 g/mol. The smallest absolute Gasteiger partial charge is 0.142 e. The number of ether oxygens (including phenoxy) is 1. The Kier molecular flexibility index (Phi) is 4.82. The maximum Gasteiger partial charge on any atom is 0.142 e. The average molecular weight is 280 g/mol. The molecule has 5 heteroatoms. The molecule has 1 aromatic carbocycles. The first-order valence-corrected chi connectivity index (χ1v) is 6.62. The molecule has 0 radical (unpaired) electrons. The summed E-state index contributed by atoms with van der Waals surface area (Å²) in [6, 6.07) is 7.79. The van der Waals surface area contributed by atoms with Crippen LogP contribution in [-0.4, -0.2) is 23.4 Å². The number of para-hydroxylation sites is 1. The fourth-order valence-corrected chi connectivity index (χ4v) is 2.20. The van der Waals surface area contributed by atoms with Gasteiger partial charge in [-0.25, -0.2) is 0 Å². The van der Waals surface area contributed by atoms with Gasteiger partial charge in [0, 0.05) is 37.5 Å². The molecule has 0 aliphatic heterocycles. The second-order valence-electron chi connectivity index (χ2n) is 4.30. The molecule has 0 fully saturated rings. The number of hydrogen-bond donors (Lipinski definition) is 1. The van der Waals surface area contributed by atoms with E-state index in [2.05, 4.69) is 10.4 Å². The number of rotatable bonds is 6. The van der Waals surface area contributed by atoms with E-state index in [9.17, 15) is 0 Å². The Labute approximate surface area is 118 Å². The largest absolute Gasteiger partial charge is 0.491 e. The fourth-order valence-electron chi connectivity index (χ4n) is 1.95. The number of aryl methyl sites for hydroxylation is 1. The van der Waals surface area contributed by atoms with Crippen molar-refractivity contribution < 1.29 is 4.74 Å². The summed E-state index contributed by atoms with van der Waals surface area (Å²) < 4.78 is 7.69. The molecule has 1 aromatic heterocycles. The highest BCUT2D eigenvalue weighted by molar-refractivity contribution is 6.32. The zero-order valence-electron chi connectivity index (χ0n) is 11.2. The van der Waals surface area contributed by atoms with Crippen LogP contribution >= 0.6 is 11.6 Å². The molecule has 2 rings (SSSR count). The molecule has 0 amide bonds. The van der Waals surface area contributed by atoms with E-state index in [0.29, 0.717) is 11.6 Å². The third-order valence-electron chi connectivity index (χ3n) is 2.94. The third kappa shape index (κ3) is 3.49. The van der Waals surface area contributed by atoms with Crippen LogP contribution in [0.2, 0.25) is 5.02 Å². The van der Waals surface area contributed by atoms with Gasteiger partial charge >= 0.3 is 0 Å². The summed E-state index contributed by atoms with van der Waals surface area (Å²) in [6.45, 7) is 1.32. The van der Waals surface area contributed by atoms with Gasteiger partial charge in [-0.2, -0.15) is 5.10 Å². The summed E-state index contributed by atoms with van der Waals surface area (Å²) >= 11 is 6.19. The van der Waals surface area contributed by atoms with Crippen LogP contribution in [-0.2, 0) is 20.0 Å². The average Bonchev–Trinajstić information content (AvgIpc) is 2.79. The molecule has 0 saturated carbocycles. The highest BCUT2D eigenvalue weighted by Gasteiger charge is 2.08. The van der Waals surface area contributed by atoms with E-state index in [1.54, 1.807) is 6.20 Å². The molecule has 0 atom stereocenters. The predicted octanol–water partition coefficient (Wildman–Crippen LogP) is 2.41. The zero-order valence-corrected chi connectivity index (χ0v) is 11.9. The van der Waals surface area contributed by atoms with Gasteiger partial charge in [0.1, 0.15) is 5.75 Å². The van der Waals surface area contributed by atoms with Gasteiger partial charge < -0.3 is 10.1 Å². The Morgan fingerprint density at radius 3 is 2.89 bits per heavy atom. The van der Waals surface area contributed by atoms with E-state index in [-0.39, 0.29) is 0 Å². The van der Waals surface area contributed by atoms with E-state index in [1.807, 2.05) is 43.0 Å². The highest BCUT2D eigenvalue weighted by atomic mass is 35.5. The summed E-state index contributed by atoms with van der Waals surface area (Å²) in [5.41, 5.74) is 2.21. The van der Waals surface area contributed by atoms with Gasteiger partial charge in [0.05, 0.1) is 11.6 Å². The van der Waals surface area contributed by atoms with E-state index < -0.39 is 0 Å². The molecule has 0 aliphatic carbocycles. The van der Waals surface area contributed by atoms with Crippen molar-refractivity contribution in [3.8, 4) is 5.75 Å². The summed E-state index contributed by atoms with van der Waals surface area (Å²) in [5, 5.41) is 7.89. The topological polar surface area (TPSA) is 39.1 Å². The molecular formula is C14H18ClN3O. The Balaban J connectivity index is 2.01. The van der Waals surface area contributed by atoms with E-state index in [1.165, 1.54) is 0 Å². The number of benzene rings is 1. The molecule has 102 valence electrons. The van der Waals surface area contributed by atoms with E-state index in [0.717, 1.165) is 30.0 Å². The van der Waals surface area contributed by atoms with Crippen LogP contribution in [0.15, 0.2) is 30.5 Å². The number of aromatic nitrogens is 2. The second-order valence-corrected chi connectivity index (χ2v) is 4.71. The molecule has 1 N–H and O–H groups in total. The van der Waals surface area contributed by atoms with Gasteiger partial charge in [-0.3, -0.25) is 4.68 Å². The quantitative estimate of drug-likeness (QED) is 0.883. The van der Waals surface area contributed by atoms with E-state index in [4.69, 9.17) is 16.3 Å². The minimum atomic E-state index is 0.583. The SMILES string of the molecule is CNCc1cccc(Cl)c1OCCc1ccnn1C. The van der Waals surface area contributed by atoms with Crippen LogP contribution in [0.3, 0.4) is 0 Å². The minimum Gasteiger partial charge on any atom is -0.491 e. The standard InChI is InChI=1S/C14H18ClN3O/c1-16-10-11-4-3-5-13(15)14(11)19-9-7-12-6-8-17-18(12)2/h3-6,8,16H,7,9-10H2,1-2H3. The maximum atomic E-state index is 6.19. The first-order valence-electron chi connectivity index (χ1n) is 6.24. The number of nitrogens with zero attached hydrogens (tertiary/aromatic N) is 2. The summed E-state index contributed by atoms with van der Waals surface area (Å²) in [4.78, 5) is 0. The van der Waals surface area contributed by atoms with Crippen molar-refractivity contribution in [3.63, 3.8) is 0 Å². The number of halogens is 1. The highest BCUT2D eigenvalue weighted by Crippen LogP contribution is 2.28. The Bertz CT molecular complexity index is 539. The van der Waals surface area contributed by atoms with Crippen LogP contribution < -0.4 is 10.1 Å². The fraction of sp³-hybridized carbons (Fsp3) is 0.357. The van der Waals surface area contributed by atoms with Crippen LogP contribution in [0.4, 0.5) is 0 Å². The van der Waals surface area contributed by atoms with E-state index >= 15 is 0 Å². The maximum absolute atomic E-state index is 6.19. The summed E-state index contributed by atoms with van der Waals surface area (Å²) in [7, 11) is 3.83. The van der Waals surface area contributed by atoms with Crippen LogP contribution in [0.1, 0.15) is 11.3 Å². The number of hydrogen-bond acceptors (Lipinski definition) is 3. The van der Waals surface area contributed by atoms with Crippen LogP contribution in [0, 0.1) is 0 Å². The number of nitrogens with one attached hydrogen (secondary N) is 1. The van der Waals surface area contributed by atoms with Crippen molar-refractivity contribution in [1.29, 1.82) is 0 Å². The Hall–Kier alpha value is -1.52. The van der Waals surface area contributed by atoms with Crippen molar-refractivity contribution in [1.82, 2.24) is 15.1 Å². The lowest BCUT2D eigenvalue weighted by Crippen LogP contribution is -2.10. The molecule has 2 aromatic rings. The van der Waals surface area contributed by atoms with Crippen molar-refractivity contribution in [2.75, 3.05) is 13.7 Å². The molecule has 0 spiro atoms. The predicted molar refractivity (Wildman–Crippen MR) is 76.6 cm³/mol. The van der Waals surface area contributed by atoms with Gasteiger partial charge in [-0.05, 0) is 19.2 Å². The normalized spacial score (nSPS) is 10.7. The first kappa shape index (κ1) is 13.9. The molecule has 4 nitrogen and oxygen atoms in total. The molecule has 0 bridgehead atoms. The second kappa shape index (κ2) is 6.59. The monoisotopic (exact) mass is 279 g/mol. The van der Waals surface area contributed by atoms with Crippen molar-refractivity contribution >= 4 is 11.6 Å². The third-order valence-corrected chi connectivity index (χ3v) is 3.24. The van der Waals surface area contributed by atoms with Crippen molar-refractivity contribution in [2.24, 2.45) is 7.05 Å². The lowest BCUT2D eigenvalue weighted by Gasteiger charge is -2.13. The van der Waals surface area contributed by atoms with Gasteiger partial charge in [0.2, 0.25) is 0 Å². The molecule has 19 heavy (non-hydrogen) atoms. The lowest BCUT2D eigenvalue weighted by atomic mass is 10.2. The first-order chi connectivity index (χ1) is 9.22. The molecule has 0 unspecified atom stereocenters. The molecule has 0 aliphatic rings.